The smallest absolute Gasteiger partial charge is 0.431 e. The zero-order valence-corrected chi connectivity index (χ0v) is 22.9. The summed E-state index contributed by atoms with van der Waals surface area (Å²) in [6, 6.07) is 12.8. The first kappa shape index (κ1) is 27.7. The standard InChI is InChI=1S/C33H45FO3/c1-3-5-6-8-25-9-13-26(14-10-25)28-17-22-31(32(34)23-28)27-15-20-30(21-16-27)37-33(35)36-29-18-11-24(7-4-2)12-19-29/h15-17,20-26,29H,3-14,18-19H2,1-2H3/t24-,25-,26-,29-. The summed E-state index contributed by atoms with van der Waals surface area (Å²) in [6.07, 6.45) is 16.0. The number of rotatable bonds is 10. The SMILES string of the molecule is CCCCC[C@H]1CC[C@H](c2ccc(-c3ccc(OC(=O)O[C@H]4CC[C@H](CCC)CC4)cc3)c(F)c2)CC1. The highest BCUT2D eigenvalue weighted by atomic mass is 19.1. The molecule has 3 nitrogen and oxygen atoms in total. The van der Waals surface area contributed by atoms with E-state index < -0.39 is 6.16 Å². The average Bonchev–Trinajstić information content (AvgIpc) is 2.91. The largest absolute Gasteiger partial charge is 0.514 e. The lowest BCUT2D eigenvalue weighted by molar-refractivity contribution is 0.0330. The number of hydrogen-bond donors (Lipinski definition) is 0. The number of benzene rings is 2. The van der Waals surface area contributed by atoms with Crippen molar-refractivity contribution in [2.24, 2.45) is 11.8 Å². The third kappa shape index (κ3) is 8.06. The molecular formula is C33H45FO3. The summed E-state index contributed by atoms with van der Waals surface area (Å²) in [5.74, 6) is 2.31. The van der Waals surface area contributed by atoms with Crippen molar-refractivity contribution in [3.63, 3.8) is 0 Å². The van der Waals surface area contributed by atoms with E-state index in [1.54, 1.807) is 30.3 Å². The van der Waals surface area contributed by atoms with Crippen molar-refractivity contribution in [2.45, 2.75) is 116 Å². The van der Waals surface area contributed by atoms with Gasteiger partial charge in [-0.1, -0.05) is 76.6 Å². The van der Waals surface area contributed by atoms with Crippen LogP contribution in [-0.4, -0.2) is 12.3 Å². The Morgan fingerprint density at radius 3 is 2.14 bits per heavy atom. The summed E-state index contributed by atoms with van der Waals surface area (Å²) in [7, 11) is 0. The summed E-state index contributed by atoms with van der Waals surface area (Å²) in [6.45, 7) is 4.48. The van der Waals surface area contributed by atoms with Crippen molar-refractivity contribution >= 4 is 6.16 Å². The number of carbonyl (C=O) groups excluding carboxylic acids is 1. The van der Waals surface area contributed by atoms with Gasteiger partial charge in [-0.3, -0.25) is 0 Å². The summed E-state index contributed by atoms with van der Waals surface area (Å²) >= 11 is 0. The Labute approximate surface area is 223 Å². The third-order valence-electron chi connectivity index (χ3n) is 8.65. The van der Waals surface area contributed by atoms with Gasteiger partial charge in [0.15, 0.2) is 0 Å². The van der Waals surface area contributed by atoms with Gasteiger partial charge >= 0.3 is 6.16 Å². The van der Waals surface area contributed by atoms with E-state index in [1.165, 1.54) is 51.4 Å². The fourth-order valence-corrected chi connectivity index (χ4v) is 6.39. The van der Waals surface area contributed by atoms with Crippen molar-refractivity contribution in [3.8, 4) is 16.9 Å². The molecule has 2 aromatic carbocycles. The molecule has 0 heterocycles. The van der Waals surface area contributed by atoms with E-state index in [0.717, 1.165) is 61.5 Å². The molecule has 2 saturated carbocycles. The van der Waals surface area contributed by atoms with Crippen LogP contribution < -0.4 is 4.74 Å². The summed E-state index contributed by atoms with van der Waals surface area (Å²) in [5, 5.41) is 0. The molecule has 2 aromatic rings. The predicted octanol–water partition coefficient (Wildman–Crippen LogP) is 10.2. The van der Waals surface area contributed by atoms with E-state index in [-0.39, 0.29) is 11.9 Å². The molecule has 0 N–H and O–H groups in total. The molecule has 0 radical (unpaired) electrons. The van der Waals surface area contributed by atoms with Crippen LogP contribution >= 0.6 is 0 Å². The van der Waals surface area contributed by atoms with E-state index >= 15 is 4.39 Å². The van der Waals surface area contributed by atoms with Crippen LogP contribution in [0.25, 0.3) is 11.1 Å². The Kier molecular flexibility index (Phi) is 10.5. The van der Waals surface area contributed by atoms with Gasteiger partial charge in [0.25, 0.3) is 0 Å². The van der Waals surface area contributed by atoms with Crippen molar-refractivity contribution in [1.82, 2.24) is 0 Å². The Bertz CT molecular complexity index is 970. The lowest BCUT2D eigenvalue weighted by Crippen LogP contribution is -2.26. The predicted molar refractivity (Wildman–Crippen MR) is 148 cm³/mol. The molecule has 202 valence electrons. The van der Waals surface area contributed by atoms with Gasteiger partial charge in [-0.25, -0.2) is 9.18 Å². The first-order chi connectivity index (χ1) is 18.1. The summed E-state index contributed by atoms with van der Waals surface area (Å²) < 4.78 is 26.0. The van der Waals surface area contributed by atoms with Crippen LogP contribution in [0.15, 0.2) is 42.5 Å². The minimum absolute atomic E-state index is 0.0522. The average molecular weight is 509 g/mol. The molecule has 2 aliphatic carbocycles. The fourth-order valence-electron chi connectivity index (χ4n) is 6.39. The third-order valence-corrected chi connectivity index (χ3v) is 8.65. The van der Waals surface area contributed by atoms with Crippen molar-refractivity contribution < 1.29 is 18.7 Å². The van der Waals surface area contributed by atoms with Gasteiger partial charge in [0.1, 0.15) is 17.7 Å². The normalized spacial score (nSPS) is 24.0. The molecule has 0 spiro atoms. The highest BCUT2D eigenvalue weighted by Crippen LogP contribution is 2.39. The maximum Gasteiger partial charge on any atom is 0.514 e. The number of hydrogen-bond acceptors (Lipinski definition) is 3. The van der Waals surface area contributed by atoms with Gasteiger partial charge in [0, 0.05) is 5.56 Å². The number of unbranched alkanes of at least 4 members (excludes halogenated alkanes) is 2. The molecule has 0 saturated heterocycles. The zero-order valence-electron chi connectivity index (χ0n) is 22.9. The number of ether oxygens (including phenoxy) is 2. The molecule has 0 aliphatic heterocycles. The van der Waals surface area contributed by atoms with Gasteiger partial charge in [-0.15, -0.1) is 0 Å². The first-order valence-electron chi connectivity index (χ1n) is 14.8. The van der Waals surface area contributed by atoms with Crippen LogP contribution in [0.2, 0.25) is 0 Å². The maximum absolute atomic E-state index is 15.1. The second-order valence-corrected chi connectivity index (χ2v) is 11.4. The molecule has 2 fully saturated rings. The molecule has 4 heteroatoms. The maximum atomic E-state index is 15.1. The van der Waals surface area contributed by atoms with Crippen molar-refractivity contribution in [1.29, 1.82) is 0 Å². The van der Waals surface area contributed by atoms with E-state index in [4.69, 9.17) is 9.47 Å². The second-order valence-electron chi connectivity index (χ2n) is 11.4. The minimum Gasteiger partial charge on any atom is -0.431 e. The summed E-state index contributed by atoms with van der Waals surface area (Å²) in [4.78, 5) is 12.3. The molecule has 0 atom stereocenters. The van der Waals surface area contributed by atoms with Gasteiger partial charge in [0.05, 0.1) is 0 Å². The monoisotopic (exact) mass is 508 g/mol. The molecule has 37 heavy (non-hydrogen) atoms. The quantitative estimate of drug-likeness (QED) is 0.182. The second kappa shape index (κ2) is 14.0. The van der Waals surface area contributed by atoms with Gasteiger partial charge in [-0.2, -0.15) is 0 Å². The molecule has 0 amide bonds. The molecule has 0 unspecified atom stereocenters. The number of carbonyl (C=O) groups is 1. The lowest BCUT2D eigenvalue weighted by atomic mass is 9.77. The zero-order chi connectivity index (χ0) is 26.0. The lowest BCUT2D eigenvalue weighted by Gasteiger charge is -2.29. The molecular weight excluding hydrogens is 463 g/mol. The van der Waals surface area contributed by atoms with E-state index in [0.29, 0.717) is 17.2 Å². The Balaban J connectivity index is 1.26. The Morgan fingerprint density at radius 1 is 0.811 bits per heavy atom. The summed E-state index contributed by atoms with van der Waals surface area (Å²) in [5.41, 5.74) is 2.48. The highest BCUT2D eigenvalue weighted by molar-refractivity contribution is 5.68. The van der Waals surface area contributed by atoms with E-state index in [2.05, 4.69) is 19.9 Å². The molecule has 0 bridgehead atoms. The van der Waals surface area contributed by atoms with E-state index in [9.17, 15) is 4.79 Å². The molecule has 4 rings (SSSR count). The van der Waals surface area contributed by atoms with E-state index in [1.807, 2.05) is 6.07 Å². The van der Waals surface area contributed by atoms with Crippen LogP contribution in [0.1, 0.15) is 115 Å². The van der Waals surface area contributed by atoms with Crippen LogP contribution in [0.4, 0.5) is 9.18 Å². The van der Waals surface area contributed by atoms with Gasteiger partial charge in [-0.05, 0) is 98.4 Å². The van der Waals surface area contributed by atoms with Gasteiger partial charge in [0.2, 0.25) is 0 Å². The van der Waals surface area contributed by atoms with Crippen LogP contribution in [0.5, 0.6) is 5.75 Å². The highest BCUT2D eigenvalue weighted by Gasteiger charge is 2.25. The van der Waals surface area contributed by atoms with Gasteiger partial charge < -0.3 is 9.47 Å². The van der Waals surface area contributed by atoms with Crippen molar-refractivity contribution in [2.75, 3.05) is 0 Å². The molecule has 0 aromatic heterocycles. The van der Waals surface area contributed by atoms with Crippen LogP contribution in [0, 0.1) is 17.7 Å². The topological polar surface area (TPSA) is 35.5 Å². The Hall–Kier alpha value is -2.36. The first-order valence-corrected chi connectivity index (χ1v) is 14.8. The minimum atomic E-state index is -0.651. The van der Waals surface area contributed by atoms with Crippen LogP contribution in [0.3, 0.4) is 0 Å². The van der Waals surface area contributed by atoms with Crippen LogP contribution in [-0.2, 0) is 4.74 Å². The molecule has 2 aliphatic rings. The van der Waals surface area contributed by atoms with Crippen molar-refractivity contribution in [3.05, 3.63) is 53.8 Å². The fraction of sp³-hybridized carbons (Fsp3) is 0.606. The Morgan fingerprint density at radius 2 is 1.49 bits per heavy atom. The number of halogens is 1.